The normalized spacial score (nSPS) is 16.1. The quantitative estimate of drug-likeness (QED) is 0.654. The van der Waals surface area contributed by atoms with Gasteiger partial charge in [-0.05, 0) is 60.7 Å². The van der Waals surface area contributed by atoms with Crippen molar-refractivity contribution in [2.75, 3.05) is 6.54 Å². The molecule has 0 radical (unpaired) electrons. The van der Waals surface area contributed by atoms with Crippen molar-refractivity contribution in [3.8, 4) is 5.75 Å². The highest BCUT2D eigenvalue weighted by Gasteiger charge is 2.15. The third kappa shape index (κ3) is 5.12. The fourth-order valence-corrected chi connectivity index (χ4v) is 3.65. The average molecular weight is 392 g/mol. The van der Waals surface area contributed by atoms with Crippen LogP contribution in [0.25, 0.3) is 0 Å². The molecule has 1 aliphatic rings. The zero-order valence-electron chi connectivity index (χ0n) is 16.3. The molecule has 1 fully saturated rings. The minimum atomic E-state index is -0.277. The summed E-state index contributed by atoms with van der Waals surface area (Å²) in [4.78, 5) is 12.4. The smallest absolute Gasteiger partial charge is 0.254 e. The lowest BCUT2D eigenvalue weighted by Crippen LogP contribution is -2.19. The van der Waals surface area contributed by atoms with Crippen molar-refractivity contribution in [2.45, 2.75) is 38.5 Å². The number of nitrogens with zero attached hydrogens (tertiary/aromatic N) is 1. The Morgan fingerprint density at radius 1 is 1.03 bits per heavy atom. The summed E-state index contributed by atoms with van der Waals surface area (Å²) >= 11 is 0. The van der Waals surface area contributed by atoms with Crippen molar-refractivity contribution in [2.24, 2.45) is 0 Å². The lowest BCUT2D eigenvalue weighted by atomic mass is 10.0. The monoisotopic (exact) mass is 392 g/mol. The van der Waals surface area contributed by atoms with Crippen molar-refractivity contribution in [3.63, 3.8) is 0 Å². The van der Waals surface area contributed by atoms with E-state index in [1.54, 1.807) is 29.0 Å². The van der Waals surface area contributed by atoms with Crippen LogP contribution in [0.2, 0.25) is 0 Å². The Labute approximate surface area is 170 Å². The maximum Gasteiger partial charge on any atom is 0.254 e. The predicted molar refractivity (Wildman–Crippen MR) is 112 cm³/mol. The van der Waals surface area contributed by atoms with Crippen LogP contribution in [0.4, 0.5) is 4.39 Å². The molecule has 29 heavy (non-hydrogen) atoms. The van der Waals surface area contributed by atoms with Gasteiger partial charge in [-0.2, -0.15) is 0 Å². The second kappa shape index (κ2) is 9.05. The van der Waals surface area contributed by atoms with E-state index in [2.05, 4.69) is 29.6 Å². The summed E-state index contributed by atoms with van der Waals surface area (Å²) in [5.41, 5.74) is 3.32. The molecule has 0 amide bonds. The van der Waals surface area contributed by atoms with Crippen molar-refractivity contribution >= 4 is 0 Å². The summed E-state index contributed by atoms with van der Waals surface area (Å²) in [6.45, 7) is 2.02. The van der Waals surface area contributed by atoms with E-state index in [4.69, 9.17) is 4.74 Å². The first-order chi connectivity index (χ1) is 14.2. The van der Waals surface area contributed by atoms with Crippen molar-refractivity contribution in [1.29, 1.82) is 0 Å². The van der Waals surface area contributed by atoms with Crippen LogP contribution >= 0.6 is 0 Å². The summed E-state index contributed by atoms with van der Waals surface area (Å²) in [7, 11) is 0. The number of nitrogens with one attached hydrogen (secondary N) is 1. The van der Waals surface area contributed by atoms with E-state index in [-0.39, 0.29) is 11.4 Å². The molecule has 1 unspecified atom stereocenters. The Morgan fingerprint density at radius 2 is 1.79 bits per heavy atom. The maximum absolute atomic E-state index is 12.9. The van der Waals surface area contributed by atoms with Crippen molar-refractivity contribution in [3.05, 3.63) is 99.7 Å². The van der Waals surface area contributed by atoms with Gasteiger partial charge in [-0.3, -0.25) is 4.79 Å². The Balaban J connectivity index is 1.32. The Kier molecular flexibility index (Phi) is 6.06. The van der Waals surface area contributed by atoms with Gasteiger partial charge in [-0.15, -0.1) is 0 Å². The molecule has 3 aromatic rings. The van der Waals surface area contributed by atoms with Crippen LogP contribution in [0.3, 0.4) is 0 Å². The van der Waals surface area contributed by atoms with Crippen LogP contribution in [0, 0.1) is 5.82 Å². The fourth-order valence-electron chi connectivity index (χ4n) is 3.65. The molecule has 0 spiro atoms. The zero-order valence-corrected chi connectivity index (χ0v) is 16.3. The number of rotatable bonds is 7. The van der Waals surface area contributed by atoms with Gasteiger partial charge >= 0.3 is 0 Å². The number of hydrogen-bond donors (Lipinski definition) is 1. The van der Waals surface area contributed by atoms with Gasteiger partial charge in [0, 0.05) is 24.8 Å². The minimum absolute atomic E-state index is 0.0895. The standard InChI is InChI=1S/C24H25FN2O2/c25-21-9-5-19(6-10-21)17-29-22-12-15-27(24(28)16-22)14-11-18-3-7-20(8-4-18)23-2-1-13-26-23/h3-10,12,15-16,23,26H,1-2,11,13-14,17H2. The fraction of sp³-hybridized carbons (Fsp3) is 0.292. The summed E-state index contributed by atoms with van der Waals surface area (Å²) in [6, 6.07) is 18.6. The van der Waals surface area contributed by atoms with E-state index >= 15 is 0 Å². The SMILES string of the molecule is O=c1cc(OCc2ccc(F)cc2)ccn1CCc1ccc(C2CCCN2)cc1. The first-order valence-electron chi connectivity index (χ1n) is 10.1. The molecule has 4 nitrogen and oxygen atoms in total. The van der Waals surface area contributed by atoms with E-state index < -0.39 is 0 Å². The highest BCUT2D eigenvalue weighted by atomic mass is 19.1. The lowest BCUT2D eigenvalue weighted by Gasteiger charge is -2.12. The number of pyridine rings is 1. The number of hydrogen-bond acceptors (Lipinski definition) is 3. The Hall–Kier alpha value is -2.92. The van der Waals surface area contributed by atoms with Gasteiger partial charge in [0.15, 0.2) is 0 Å². The van der Waals surface area contributed by atoms with Crippen molar-refractivity contribution < 1.29 is 9.13 Å². The number of halogens is 1. The minimum Gasteiger partial charge on any atom is -0.489 e. The highest BCUT2D eigenvalue weighted by molar-refractivity contribution is 5.26. The molecule has 1 N–H and O–H groups in total. The van der Waals surface area contributed by atoms with E-state index in [0.29, 0.717) is 24.9 Å². The average Bonchev–Trinajstić information content (AvgIpc) is 3.28. The van der Waals surface area contributed by atoms with Crippen LogP contribution in [0.5, 0.6) is 5.75 Å². The Morgan fingerprint density at radius 3 is 2.48 bits per heavy atom. The lowest BCUT2D eigenvalue weighted by molar-refractivity contribution is 0.304. The van der Waals surface area contributed by atoms with Crippen LogP contribution in [0.15, 0.2) is 71.7 Å². The predicted octanol–water partition coefficient (Wildman–Crippen LogP) is 4.23. The summed E-state index contributed by atoms with van der Waals surface area (Å²) in [5, 5.41) is 3.51. The summed E-state index contributed by atoms with van der Waals surface area (Å²) in [6.07, 6.45) is 5.00. The molecule has 5 heteroatoms. The first kappa shape index (κ1) is 19.4. The molecule has 1 aliphatic heterocycles. The van der Waals surface area contributed by atoms with Gasteiger partial charge in [0.25, 0.3) is 5.56 Å². The number of ether oxygens (including phenoxy) is 1. The second-order valence-corrected chi connectivity index (χ2v) is 7.45. The largest absolute Gasteiger partial charge is 0.489 e. The maximum atomic E-state index is 12.9. The third-order valence-corrected chi connectivity index (χ3v) is 5.37. The Bertz CT molecular complexity index is 991. The molecule has 2 aromatic carbocycles. The highest BCUT2D eigenvalue weighted by Crippen LogP contribution is 2.23. The van der Waals surface area contributed by atoms with Gasteiger partial charge < -0.3 is 14.6 Å². The molecule has 1 atom stereocenters. The van der Waals surface area contributed by atoms with Crippen LogP contribution in [-0.4, -0.2) is 11.1 Å². The van der Waals surface area contributed by atoms with E-state index in [0.717, 1.165) is 18.5 Å². The zero-order chi connectivity index (χ0) is 20.1. The van der Waals surface area contributed by atoms with Crippen molar-refractivity contribution in [1.82, 2.24) is 9.88 Å². The van der Waals surface area contributed by atoms with E-state index in [9.17, 15) is 9.18 Å². The molecule has 150 valence electrons. The molecule has 0 bridgehead atoms. The van der Waals surface area contributed by atoms with Gasteiger partial charge in [0.05, 0.1) is 0 Å². The van der Waals surface area contributed by atoms with Gasteiger partial charge in [-0.1, -0.05) is 36.4 Å². The molecule has 4 rings (SSSR count). The summed E-state index contributed by atoms with van der Waals surface area (Å²) in [5.74, 6) is 0.241. The van der Waals surface area contributed by atoms with Crippen LogP contribution < -0.4 is 15.6 Å². The van der Waals surface area contributed by atoms with Gasteiger partial charge in [-0.25, -0.2) is 4.39 Å². The van der Waals surface area contributed by atoms with E-state index in [1.165, 1.54) is 42.2 Å². The molecule has 0 saturated carbocycles. The first-order valence-corrected chi connectivity index (χ1v) is 10.1. The molecule has 0 aliphatic carbocycles. The number of benzene rings is 2. The van der Waals surface area contributed by atoms with Gasteiger partial charge in [0.2, 0.25) is 0 Å². The van der Waals surface area contributed by atoms with Gasteiger partial charge in [0.1, 0.15) is 18.2 Å². The summed E-state index contributed by atoms with van der Waals surface area (Å²) < 4.78 is 20.3. The molecule has 1 aromatic heterocycles. The topological polar surface area (TPSA) is 43.3 Å². The molecule has 1 saturated heterocycles. The number of aromatic nitrogens is 1. The third-order valence-electron chi connectivity index (χ3n) is 5.37. The second-order valence-electron chi connectivity index (χ2n) is 7.45. The van der Waals surface area contributed by atoms with Crippen LogP contribution in [-0.2, 0) is 19.6 Å². The molecular weight excluding hydrogens is 367 g/mol. The molecular formula is C24H25FN2O2. The van der Waals surface area contributed by atoms with E-state index in [1.807, 2.05) is 0 Å². The van der Waals surface area contributed by atoms with Crippen LogP contribution in [0.1, 0.15) is 35.6 Å². The number of aryl methyl sites for hydroxylation is 2. The molecule has 2 heterocycles.